The standard InChI is InChI=1S/C14H26N2O3/c1-10-6-5-7-11(8-10)15-13(19)16(9-12(17)18)14(2,3)4/h10-11H,5-9H2,1-4H3,(H,15,19)(H,17,18). The van der Waals surface area contributed by atoms with Gasteiger partial charge < -0.3 is 15.3 Å². The number of carbonyl (C=O) groups excluding carboxylic acids is 1. The number of aliphatic carboxylic acids is 1. The summed E-state index contributed by atoms with van der Waals surface area (Å²) in [6.45, 7) is 7.46. The molecule has 0 saturated heterocycles. The minimum atomic E-state index is -0.984. The monoisotopic (exact) mass is 270 g/mol. The highest BCUT2D eigenvalue weighted by Crippen LogP contribution is 2.24. The molecule has 19 heavy (non-hydrogen) atoms. The zero-order valence-electron chi connectivity index (χ0n) is 12.4. The lowest BCUT2D eigenvalue weighted by Crippen LogP contribution is -2.54. The number of rotatable bonds is 3. The molecule has 1 rings (SSSR count). The van der Waals surface area contributed by atoms with Gasteiger partial charge in [0.2, 0.25) is 0 Å². The van der Waals surface area contributed by atoms with Crippen LogP contribution in [0.4, 0.5) is 4.79 Å². The Morgan fingerprint density at radius 2 is 1.95 bits per heavy atom. The third kappa shape index (κ3) is 5.09. The number of hydrogen-bond acceptors (Lipinski definition) is 2. The molecule has 0 spiro atoms. The van der Waals surface area contributed by atoms with Gasteiger partial charge in [0.1, 0.15) is 6.54 Å². The van der Waals surface area contributed by atoms with Gasteiger partial charge in [-0.2, -0.15) is 0 Å². The first kappa shape index (κ1) is 15.8. The van der Waals surface area contributed by atoms with Crippen molar-refractivity contribution in [2.24, 2.45) is 5.92 Å². The molecule has 2 N–H and O–H groups in total. The lowest BCUT2D eigenvalue weighted by Gasteiger charge is -2.36. The summed E-state index contributed by atoms with van der Waals surface area (Å²) in [6.07, 6.45) is 4.31. The van der Waals surface area contributed by atoms with E-state index < -0.39 is 11.5 Å². The normalized spacial score (nSPS) is 23.8. The Morgan fingerprint density at radius 3 is 2.42 bits per heavy atom. The number of hydrogen-bond donors (Lipinski definition) is 2. The molecule has 0 radical (unpaired) electrons. The summed E-state index contributed by atoms with van der Waals surface area (Å²) in [6, 6.07) is -0.0936. The van der Waals surface area contributed by atoms with Gasteiger partial charge in [-0.3, -0.25) is 4.79 Å². The van der Waals surface area contributed by atoms with Crippen molar-refractivity contribution in [3.8, 4) is 0 Å². The van der Waals surface area contributed by atoms with E-state index in [1.54, 1.807) is 0 Å². The largest absolute Gasteiger partial charge is 0.480 e. The smallest absolute Gasteiger partial charge is 0.323 e. The van der Waals surface area contributed by atoms with Crippen molar-refractivity contribution in [1.29, 1.82) is 0 Å². The van der Waals surface area contributed by atoms with E-state index in [4.69, 9.17) is 5.11 Å². The topological polar surface area (TPSA) is 69.6 Å². The van der Waals surface area contributed by atoms with Gasteiger partial charge in [-0.15, -0.1) is 0 Å². The third-order valence-electron chi connectivity index (χ3n) is 3.61. The van der Waals surface area contributed by atoms with Crippen molar-refractivity contribution in [3.63, 3.8) is 0 Å². The molecule has 2 atom stereocenters. The van der Waals surface area contributed by atoms with E-state index >= 15 is 0 Å². The molecular formula is C14H26N2O3. The summed E-state index contributed by atoms with van der Waals surface area (Å²) >= 11 is 0. The van der Waals surface area contributed by atoms with E-state index in [0.717, 1.165) is 19.3 Å². The maximum Gasteiger partial charge on any atom is 0.323 e. The van der Waals surface area contributed by atoms with E-state index in [2.05, 4.69) is 12.2 Å². The minimum Gasteiger partial charge on any atom is -0.480 e. The SMILES string of the molecule is CC1CCCC(NC(=O)N(CC(=O)O)C(C)(C)C)C1. The summed E-state index contributed by atoms with van der Waals surface area (Å²) in [5.41, 5.74) is -0.497. The number of nitrogens with one attached hydrogen (secondary N) is 1. The predicted molar refractivity (Wildman–Crippen MR) is 74.0 cm³/mol. The Morgan fingerprint density at radius 1 is 1.32 bits per heavy atom. The minimum absolute atomic E-state index is 0.176. The predicted octanol–water partition coefficient (Wildman–Crippen LogP) is 2.46. The van der Waals surface area contributed by atoms with Gasteiger partial charge in [0.15, 0.2) is 0 Å². The van der Waals surface area contributed by atoms with E-state index in [1.807, 2.05) is 20.8 Å². The Hall–Kier alpha value is -1.26. The number of carboxylic acids is 1. The van der Waals surface area contributed by atoms with Crippen LogP contribution in [0.15, 0.2) is 0 Å². The van der Waals surface area contributed by atoms with Crippen molar-refractivity contribution in [1.82, 2.24) is 10.2 Å². The molecule has 5 heteroatoms. The lowest BCUT2D eigenvalue weighted by atomic mass is 9.87. The molecule has 0 heterocycles. The van der Waals surface area contributed by atoms with Gasteiger partial charge in [0.25, 0.3) is 0 Å². The Balaban J connectivity index is 2.63. The molecule has 1 fully saturated rings. The lowest BCUT2D eigenvalue weighted by molar-refractivity contribution is -0.138. The Bertz CT molecular complexity index is 336. The summed E-state index contributed by atoms with van der Waals surface area (Å²) in [5, 5.41) is 11.9. The number of amides is 2. The van der Waals surface area contributed by atoms with Crippen molar-refractivity contribution >= 4 is 12.0 Å². The first-order valence-electron chi connectivity index (χ1n) is 7.00. The van der Waals surface area contributed by atoms with Crippen LogP contribution in [0, 0.1) is 5.92 Å². The Labute approximate surface area is 115 Å². The zero-order chi connectivity index (χ0) is 14.6. The maximum absolute atomic E-state index is 12.3. The molecular weight excluding hydrogens is 244 g/mol. The maximum atomic E-state index is 12.3. The highest BCUT2D eigenvalue weighted by Gasteiger charge is 2.30. The fourth-order valence-electron chi connectivity index (χ4n) is 2.57. The van der Waals surface area contributed by atoms with Crippen molar-refractivity contribution in [3.05, 3.63) is 0 Å². The van der Waals surface area contributed by atoms with Gasteiger partial charge in [-0.05, 0) is 39.5 Å². The van der Waals surface area contributed by atoms with Crippen LogP contribution in [0.3, 0.4) is 0 Å². The van der Waals surface area contributed by atoms with Gasteiger partial charge in [0, 0.05) is 11.6 Å². The average Bonchev–Trinajstić information content (AvgIpc) is 2.24. The molecule has 110 valence electrons. The van der Waals surface area contributed by atoms with Gasteiger partial charge >= 0.3 is 12.0 Å². The molecule has 0 aliphatic heterocycles. The van der Waals surface area contributed by atoms with Crippen LogP contribution in [0.25, 0.3) is 0 Å². The van der Waals surface area contributed by atoms with Gasteiger partial charge in [0.05, 0.1) is 0 Å². The number of urea groups is 1. The van der Waals surface area contributed by atoms with Crippen LogP contribution in [-0.2, 0) is 4.79 Å². The summed E-state index contributed by atoms with van der Waals surface area (Å²) in [5.74, 6) is -0.358. The Kier molecular flexibility index (Phi) is 5.20. The van der Waals surface area contributed by atoms with Crippen LogP contribution >= 0.6 is 0 Å². The molecule has 5 nitrogen and oxygen atoms in total. The molecule has 1 aliphatic carbocycles. The van der Waals surface area contributed by atoms with E-state index in [0.29, 0.717) is 5.92 Å². The van der Waals surface area contributed by atoms with E-state index in [-0.39, 0.29) is 18.6 Å². The van der Waals surface area contributed by atoms with Gasteiger partial charge in [-0.1, -0.05) is 19.8 Å². The van der Waals surface area contributed by atoms with Crippen molar-refractivity contribution in [2.75, 3.05) is 6.54 Å². The molecule has 0 aromatic heterocycles. The number of carboxylic acid groups (broad SMARTS) is 1. The molecule has 1 aliphatic rings. The second-order valence-electron chi connectivity index (χ2n) is 6.57. The average molecular weight is 270 g/mol. The fraction of sp³-hybridized carbons (Fsp3) is 0.857. The number of nitrogens with zero attached hydrogens (tertiary/aromatic N) is 1. The summed E-state index contributed by atoms with van der Waals surface area (Å²) < 4.78 is 0. The van der Waals surface area contributed by atoms with Crippen LogP contribution in [0.2, 0.25) is 0 Å². The third-order valence-corrected chi connectivity index (χ3v) is 3.61. The second-order valence-corrected chi connectivity index (χ2v) is 6.57. The zero-order valence-corrected chi connectivity index (χ0v) is 12.4. The molecule has 1 saturated carbocycles. The quantitative estimate of drug-likeness (QED) is 0.827. The van der Waals surface area contributed by atoms with Crippen LogP contribution in [0.5, 0.6) is 0 Å². The molecule has 0 aromatic rings. The first-order chi connectivity index (χ1) is 8.70. The van der Waals surface area contributed by atoms with Crippen LogP contribution in [-0.4, -0.2) is 40.1 Å². The van der Waals surface area contributed by atoms with E-state index in [9.17, 15) is 9.59 Å². The first-order valence-corrected chi connectivity index (χ1v) is 7.00. The molecule has 0 aromatic carbocycles. The van der Waals surface area contributed by atoms with Crippen molar-refractivity contribution < 1.29 is 14.7 Å². The van der Waals surface area contributed by atoms with Crippen LogP contribution in [0.1, 0.15) is 53.4 Å². The second kappa shape index (κ2) is 6.26. The summed E-state index contributed by atoms with van der Waals surface area (Å²) in [4.78, 5) is 24.5. The molecule has 2 unspecified atom stereocenters. The van der Waals surface area contributed by atoms with E-state index in [1.165, 1.54) is 11.3 Å². The summed E-state index contributed by atoms with van der Waals surface area (Å²) in [7, 11) is 0. The van der Waals surface area contributed by atoms with Crippen LogP contribution < -0.4 is 5.32 Å². The fourth-order valence-corrected chi connectivity index (χ4v) is 2.57. The highest BCUT2D eigenvalue weighted by molar-refractivity contribution is 5.81. The molecule has 0 bridgehead atoms. The van der Waals surface area contributed by atoms with Gasteiger partial charge in [-0.25, -0.2) is 4.79 Å². The highest BCUT2D eigenvalue weighted by atomic mass is 16.4. The molecule has 2 amide bonds. The van der Waals surface area contributed by atoms with Crippen molar-refractivity contribution in [2.45, 2.75) is 65.0 Å². The number of carbonyl (C=O) groups is 2.